The Labute approximate surface area is 203 Å². The number of fused-ring (bicyclic) bond motifs is 1. The largest absolute Gasteiger partial charge is 0.449 e. The van der Waals surface area contributed by atoms with Gasteiger partial charge in [0.15, 0.2) is 0 Å². The lowest BCUT2D eigenvalue weighted by Gasteiger charge is -2.18. The molecule has 0 radical (unpaired) electrons. The van der Waals surface area contributed by atoms with Crippen LogP contribution in [0.2, 0.25) is 0 Å². The number of nitrogens with zero attached hydrogens (tertiary/aromatic N) is 1. The topological polar surface area (TPSA) is 109 Å². The Kier molecular flexibility index (Phi) is 6.99. The van der Waals surface area contributed by atoms with Gasteiger partial charge in [0.2, 0.25) is 15.8 Å². The summed E-state index contributed by atoms with van der Waals surface area (Å²) in [6.07, 6.45) is 0. The van der Waals surface area contributed by atoms with Crippen molar-refractivity contribution in [2.75, 3.05) is 23.7 Å². The Morgan fingerprint density at radius 2 is 1.43 bits per heavy atom. The fourth-order valence-electron chi connectivity index (χ4n) is 3.72. The minimum Gasteiger partial charge on any atom is -0.449 e. The molecule has 0 bridgehead atoms. The molecule has 2 amide bonds. The molecule has 0 saturated carbocycles. The number of anilines is 2. The number of carbonyl (C=O) groups is 2. The van der Waals surface area contributed by atoms with Gasteiger partial charge in [-0.1, -0.05) is 44.2 Å². The van der Waals surface area contributed by atoms with Crippen molar-refractivity contribution in [2.45, 2.75) is 18.7 Å². The van der Waals surface area contributed by atoms with Crippen LogP contribution in [-0.2, 0) is 10.0 Å². The van der Waals surface area contributed by atoms with Gasteiger partial charge in [-0.05, 0) is 48.5 Å². The van der Waals surface area contributed by atoms with Crippen molar-refractivity contribution in [3.63, 3.8) is 0 Å². The summed E-state index contributed by atoms with van der Waals surface area (Å²) in [7, 11) is -3.64. The van der Waals surface area contributed by atoms with Crippen molar-refractivity contribution in [3.05, 3.63) is 90.2 Å². The molecular formula is C26H25N3O5S. The second kappa shape index (κ2) is 10.1. The highest BCUT2D eigenvalue weighted by molar-refractivity contribution is 7.89. The van der Waals surface area contributed by atoms with Crippen LogP contribution in [0.5, 0.6) is 0 Å². The first kappa shape index (κ1) is 24.2. The van der Waals surface area contributed by atoms with Gasteiger partial charge in [0.05, 0.1) is 4.90 Å². The van der Waals surface area contributed by atoms with E-state index in [1.54, 1.807) is 62.4 Å². The summed E-state index contributed by atoms with van der Waals surface area (Å²) in [4.78, 5) is 26.1. The van der Waals surface area contributed by atoms with E-state index in [1.807, 2.05) is 6.07 Å². The predicted molar refractivity (Wildman–Crippen MR) is 135 cm³/mol. The van der Waals surface area contributed by atoms with Gasteiger partial charge in [-0.25, -0.2) is 8.42 Å². The molecule has 3 aromatic carbocycles. The van der Waals surface area contributed by atoms with Crippen LogP contribution in [0.4, 0.5) is 11.4 Å². The van der Waals surface area contributed by atoms with E-state index < -0.39 is 21.8 Å². The zero-order valence-electron chi connectivity index (χ0n) is 19.3. The molecular weight excluding hydrogens is 466 g/mol. The maximum Gasteiger partial charge on any atom is 0.293 e. The van der Waals surface area contributed by atoms with Gasteiger partial charge in [-0.15, -0.1) is 0 Å². The van der Waals surface area contributed by atoms with Gasteiger partial charge in [-0.2, -0.15) is 4.31 Å². The van der Waals surface area contributed by atoms with Gasteiger partial charge in [-0.3, -0.25) is 9.59 Å². The summed E-state index contributed by atoms with van der Waals surface area (Å²) < 4.78 is 32.6. The third-order valence-electron chi connectivity index (χ3n) is 5.53. The van der Waals surface area contributed by atoms with Gasteiger partial charge in [0, 0.05) is 29.7 Å². The second-order valence-electron chi connectivity index (χ2n) is 7.69. The minimum atomic E-state index is -3.64. The molecule has 0 fully saturated rings. The molecule has 4 aromatic rings. The SMILES string of the molecule is CCN(CC)S(=O)(=O)c1ccc(C(=O)Nc2c(C(=O)Nc3ccccc3)oc3ccccc23)cc1. The zero-order chi connectivity index (χ0) is 25.0. The molecule has 1 aromatic heterocycles. The number of hydrogen-bond donors (Lipinski definition) is 2. The molecule has 9 heteroatoms. The number of carbonyl (C=O) groups excluding carboxylic acids is 2. The quantitative estimate of drug-likeness (QED) is 0.362. The number of para-hydroxylation sites is 2. The number of nitrogens with one attached hydrogen (secondary N) is 2. The van der Waals surface area contributed by atoms with Gasteiger partial charge >= 0.3 is 0 Å². The first-order chi connectivity index (χ1) is 16.8. The van der Waals surface area contributed by atoms with E-state index in [2.05, 4.69) is 10.6 Å². The average molecular weight is 492 g/mol. The fraction of sp³-hybridized carbons (Fsp3) is 0.154. The van der Waals surface area contributed by atoms with Crippen LogP contribution < -0.4 is 10.6 Å². The average Bonchev–Trinajstić information content (AvgIpc) is 3.24. The summed E-state index contributed by atoms with van der Waals surface area (Å²) in [5.41, 5.74) is 1.50. The highest BCUT2D eigenvalue weighted by Crippen LogP contribution is 2.32. The standard InChI is InChI=1S/C26H25N3O5S/c1-3-29(4-2)35(32,33)20-16-14-18(15-17-20)25(30)28-23-21-12-8-9-13-22(21)34-24(23)26(31)27-19-10-6-5-7-11-19/h5-17H,3-4H2,1-2H3,(H,27,31)(H,28,30). The van der Waals surface area contributed by atoms with Gasteiger partial charge in [0.1, 0.15) is 11.3 Å². The van der Waals surface area contributed by atoms with E-state index in [4.69, 9.17) is 4.42 Å². The molecule has 0 atom stereocenters. The maximum absolute atomic E-state index is 13.1. The Hall–Kier alpha value is -3.95. The molecule has 1 heterocycles. The van der Waals surface area contributed by atoms with E-state index in [0.717, 1.165) is 0 Å². The van der Waals surface area contributed by atoms with E-state index in [1.165, 1.54) is 28.6 Å². The molecule has 8 nitrogen and oxygen atoms in total. The summed E-state index contributed by atoms with van der Waals surface area (Å²) >= 11 is 0. The summed E-state index contributed by atoms with van der Waals surface area (Å²) in [5, 5.41) is 6.10. The third-order valence-corrected chi connectivity index (χ3v) is 7.60. The Bertz CT molecular complexity index is 1460. The van der Waals surface area contributed by atoms with Crippen molar-refractivity contribution in [1.29, 1.82) is 0 Å². The molecule has 0 unspecified atom stereocenters. The van der Waals surface area contributed by atoms with E-state index in [-0.39, 0.29) is 21.9 Å². The summed E-state index contributed by atoms with van der Waals surface area (Å²) in [6.45, 7) is 4.23. The van der Waals surface area contributed by atoms with Crippen molar-refractivity contribution in [2.24, 2.45) is 0 Å². The maximum atomic E-state index is 13.1. The van der Waals surface area contributed by atoms with Crippen LogP contribution >= 0.6 is 0 Å². The lowest BCUT2D eigenvalue weighted by atomic mass is 10.1. The van der Waals surface area contributed by atoms with Crippen LogP contribution in [0.3, 0.4) is 0 Å². The number of hydrogen-bond acceptors (Lipinski definition) is 5. The molecule has 2 N–H and O–H groups in total. The molecule has 0 aliphatic rings. The number of rotatable bonds is 8. The third kappa shape index (κ3) is 4.96. The molecule has 35 heavy (non-hydrogen) atoms. The van der Waals surface area contributed by atoms with Gasteiger partial charge in [0.25, 0.3) is 11.8 Å². The number of sulfonamides is 1. The first-order valence-electron chi connectivity index (χ1n) is 11.1. The molecule has 0 saturated heterocycles. The molecule has 0 aliphatic carbocycles. The molecule has 0 spiro atoms. The van der Waals surface area contributed by atoms with E-state index in [9.17, 15) is 18.0 Å². The van der Waals surface area contributed by atoms with E-state index in [0.29, 0.717) is 29.7 Å². The summed E-state index contributed by atoms with van der Waals surface area (Å²) in [5.74, 6) is -1.05. The van der Waals surface area contributed by atoms with Crippen molar-refractivity contribution in [1.82, 2.24) is 4.31 Å². The van der Waals surface area contributed by atoms with E-state index >= 15 is 0 Å². The van der Waals surface area contributed by atoms with Crippen LogP contribution in [0.25, 0.3) is 11.0 Å². The smallest absolute Gasteiger partial charge is 0.293 e. The van der Waals surface area contributed by atoms with Crippen molar-refractivity contribution in [3.8, 4) is 0 Å². The first-order valence-corrected chi connectivity index (χ1v) is 12.6. The van der Waals surface area contributed by atoms with Crippen LogP contribution in [0.15, 0.2) is 88.2 Å². The molecule has 0 aliphatic heterocycles. The fourth-order valence-corrected chi connectivity index (χ4v) is 5.17. The highest BCUT2D eigenvalue weighted by atomic mass is 32.2. The second-order valence-corrected chi connectivity index (χ2v) is 9.63. The monoisotopic (exact) mass is 491 g/mol. The Balaban J connectivity index is 1.62. The number of amides is 2. The predicted octanol–water partition coefficient (Wildman–Crippen LogP) is 4.97. The molecule has 180 valence electrons. The highest BCUT2D eigenvalue weighted by Gasteiger charge is 2.24. The van der Waals surface area contributed by atoms with Crippen LogP contribution in [0.1, 0.15) is 34.8 Å². The molecule has 4 rings (SSSR count). The minimum absolute atomic E-state index is 0.0378. The van der Waals surface area contributed by atoms with Crippen LogP contribution in [-0.4, -0.2) is 37.6 Å². The van der Waals surface area contributed by atoms with Crippen LogP contribution in [0, 0.1) is 0 Å². The zero-order valence-corrected chi connectivity index (χ0v) is 20.1. The van der Waals surface area contributed by atoms with Crippen molar-refractivity contribution >= 4 is 44.2 Å². The normalized spacial score (nSPS) is 11.5. The van der Waals surface area contributed by atoms with Gasteiger partial charge < -0.3 is 15.1 Å². The number of furan rings is 1. The lowest BCUT2D eigenvalue weighted by Crippen LogP contribution is -2.30. The number of benzene rings is 3. The Morgan fingerprint density at radius 1 is 0.800 bits per heavy atom. The Morgan fingerprint density at radius 3 is 2.09 bits per heavy atom. The lowest BCUT2D eigenvalue weighted by molar-refractivity contribution is 0.0999. The summed E-state index contributed by atoms with van der Waals surface area (Å²) in [6, 6.07) is 21.6. The van der Waals surface area contributed by atoms with Crippen molar-refractivity contribution < 1.29 is 22.4 Å².